The molecule has 0 amide bonds. The van der Waals surface area contributed by atoms with E-state index in [4.69, 9.17) is 0 Å². The normalized spacial score (nSPS) is 29.4. The average Bonchev–Trinajstić information content (AvgIpc) is 3.64. The van der Waals surface area contributed by atoms with E-state index in [0.29, 0.717) is 23.0 Å². The molecule has 2 aromatic heterocycles. The van der Waals surface area contributed by atoms with Gasteiger partial charge < -0.3 is 0 Å². The van der Waals surface area contributed by atoms with E-state index in [9.17, 15) is 27.2 Å². The number of fused-ring (bicyclic) bond motifs is 2. The van der Waals surface area contributed by atoms with Crippen LogP contribution in [-0.4, -0.2) is 41.1 Å². The molecular weight excluding hydrogens is 576 g/mol. The molecule has 0 radical (unpaired) electrons. The Bertz CT molecular complexity index is 1640. The van der Waals surface area contributed by atoms with E-state index in [0.717, 1.165) is 12.8 Å². The molecule has 0 unspecified atom stereocenters. The fourth-order valence-electron chi connectivity index (χ4n) is 6.28. The Morgan fingerprint density at radius 2 is 1.02 bits per heavy atom. The van der Waals surface area contributed by atoms with Crippen molar-refractivity contribution in [1.82, 2.24) is 29.5 Å². The van der Waals surface area contributed by atoms with Crippen LogP contribution in [0.1, 0.15) is 108 Å². The summed E-state index contributed by atoms with van der Waals surface area (Å²) < 4.78 is 59.1. The lowest BCUT2D eigenvalue weighted by atomic mass is 10.0. The number of alkyl halides is 2. The molecule has 228 valence electrons. The minimum absolute atomic E-state index is 0.0481. The number of aromatic nitrogens is 6. The van der Waals surface area contributed by atoms with Crippen molar-refractivity contribution in [2.45, 2.75) is 64.0 Å². The van der Waals surface area contributed by atoms with Crippen LogP contribution in [0.4, 0.5) is 17.6 Å². The SMILES string of the molecule is C[C@@H]1C[C@H]1C(=O)c1nc2n(n1)[C@H](c1ccccc1F)C[C@@H]2F.C[C@H]1C[C@@H]1C(=O)c1nc2n(n1)[C@H](c1ccccc1F)C[C@@H]2F. The van der Waals surface area contributed by atoms with Gasteiger partial charge in [0, 0.05) is 35.8 Å². The summed E-state index contributed by atoms with van der Waals surface area (Å²) in [5.74, 6) is -0.0814. The standard InChI is InChI=1S/2C16H15F2N3O/c2*1-8-6-10(8)14(22)15-19-16-12(18)7-13(21(16)20-15)9-4-2-3-5-11(9)17/h2*2-5,8,10,12-13H,6-7H2,1H3/t8-,10-,12+,13+;8-,10-,12-,13-/m10/s1. The van der Waals surface area contributed by atoms with Crippen molar-refractivity contribution in [3.05, 3.63) is 94.6 Å². The second-order valence-electron chi connectivity index (χ2n) is 12.3. The van der Waals surface area contributed by atoms with Gasteiger partial charge in [0.05, 0.1) is 12.1 Å². The van der Waals surface area contributed by atoms with Crippen molar-refractivity contribution in [2.75, 3.05) is 0 Å². The highest BCUT2D eigenvalue weighted by Gasteiger charge is 2.45. The van der Waals surface area contributed by atoms with Gasteiger partial charge in [-0.2, -0.15) is 0 Å². The molecular formula is C32H30F4N6O2. The summed E-state index contributed by atoms with van der Waals surface area (Å²) in [5.41, 5.74) is 0.764. The fraction of sp³-hybridized carbons (Fsp3) is 0.438. The number of carbonyl (C=O) groups is 2. The largest absolute Gasteiger partial charge is 0.290 e. The number of rotatable bonds is 6. The van der Waals surface area contributed by atoms with Crippen LogP contribution in [0.2, 0.25) is 0 Å². The number of ketones is 2. The van der Waals surface area contributed by atoms with Gasteiger partial charge in [0.2, 0.25) is 23.2 Å². The zero-order valence-electron chi connectivity index (χ0n) is 24.1. The van der Waals surface area contributed by atoms with Gasteiger partial charge in [-0.3, -0.25) is 9.59 Å². The molecule has 12 heteroatoms. The van der Waals surface area contributed by atoms with E-state index in [1.807, 2.05) is 13.8 Å². The van der Waals surface area contributed by atoms with Crippen LogP contribution in [0.25, 0.3) is 0 Å². The highest BCUT2D eigenvalue weighted by atomic mass is 19.1. The van der Waals surface area contributed by atoms with E-state index in [1.54, 1.807) is 36.4 Å². The lowest BCUT2D eigenvalue weighted by Gasteiger charge is -2.12. The molecule has 2 saturated carbocycles. The number of nitrogens with zero attached hydrogens (tertiary/aromatic N) is 6. The predicted octanol–water partition coefficient (Wildman–Crippen LogP) is 6.52. The van der Waals surface area contributed by atoms with Crippen LogP contribution >= 0.6 is 0 Å². The average molecular weight is 607 g/mol. The molecule has 2 aliphatic heterocycles. The maximum atomic E-state index is 14.2. The van der Waals surface area contributed by atoms with Gasteiger partial charge in [-0.05, 0) is 36.8 Å². The molecule has 0 spiro atoms. The predicted molar refractivity (Wildman–Crippen MR) is 149 cm³/mol. The summed E-state index contributed by atoms with van der Waals surface area (Å²) in [6.45, 7) is 3.99. The minimum Gasteiger partial charge on any atom is -0.290 e. The Morgan fingerprint density at radius 1 is 0.659 bits per heavy atom. The molecule has 2 aliphatic carbocycles. The second kappa shape index (κ2) is 10.7. The third-order valence-corrected chi connectivity index (χ3v) is 9.19. The fourth-order valence-corrected chi connectivity index (χ4v) is 6.28. The minimum atomic E-state index is -1.32. The molecule has 8 rings (SSSR count). The van der Waals surface area contributed by atoms with E-state index in [1.165, 1.54) is 21.5 Å². The first-order valence-electron chi connectivity index (χ1n) is 14.9. The summed E-state index contributed by atoms with van der Waals surface area (Å²) in [6, 6.07) is 11.4. The van der Waals surface area contributed by atoms with Crippen LogP contribution in [0.3, 0.4) is 0 Å². The van der Waals surface area contributed by atoms with Crippen molar-refractivity contribution < 1.29 is 27.2 Å². The smallest absolute Gasteiger partial charge is 0.217 e. The molecule has 4 aromatic rings. The quantitative estimate of drug-likeness (QED) is 0.183. The number of hydrogen-bond donors (Lipinski definition) is 0. The molecule has 8 nitrogen and oxygen atoms in total. The van der Waals surface area contributed by atoms with Crippen LogP contribution < -0.4 is 0 Å². The molecule has 0 N–H and O–H groups in total. The highest BCUT2D eigenvalue weighted by molar-refractivity contribution is 5.96. The van der Waals surface area contributed by atoms with Crippen molar-refractivity contribution in [3.8, 4) is 0 Å². The third-order valence-electron chi connectivity index (χ3n) is 9.19. The highest BCUT2D eigenvalue weighted by Crippen LogP contribution is 2.44. The van der Waals surface area contributed by atoms with Gasteiger partial charge in [0.15, 0.2) is 24.0 Å². The monoisotopic (exact) mass is 606 g/mol. The number of hydrogen-bond acceptors (Lipinski definition) is 6. The topological polar surface area (TPSA) is 95.6 Å². The summed E-state index contributed by atoms with van der Waals surface area (Å²) in [4.78, 5) is 32.6. The van der Waals surface area contributed by atoms with Crippen LogP contribution in [0.5, 0.6) is 0 Å². The van der Waals surface area contributed by atoms with Gasteiger partial charge in [0.25, 0.3) is 0 Å². The maximum absolute atomic E-state index is 14.2. The van der Waals surface area contributed by atoms with Crippen molar-refractivity contribution in [3.63, 3.8) is 0 Å². The first kappa shape index (κ1) is 28.5. The lowest BCUT2D eigenvalue weighted by Crippen LogP contribution is -2.12. The molecule has 0 saturated heterocycles. The number of Topliss-reactive ketones (excluding diaryl/α,β-unsaturated/α-hetero) is 2. The second-order valence-corrected chi connectivity index (χ2v) is 12.3. The summed E-state index contributed by atoms with van der Waals surface area (Å²) in [5, 5.41) is 8.37. The van der Waals surface area contributed by atoms with Gasteiger partial charge in [0.1, 0.15) is 11.6 Å². The molecule has 4 heterocycles. The van der Waals surface area contributed by atoms with Gasteiger partial charge in [-0.25, -0.2) is 36.9 Å². The van der Waals surface area contributed by atoms with E-state index in [2.05, 4.69) is 20.2 Å². The molecule has 44 heavy (non-hydrogen) atoms. The van der Waals surface area contributed by atoms with Crippen molar-refractivity contribution >= 4 is 11.6 Å². The van der Waals surface area contributed by atoms with Crippen LogP contribution in [0, 0.1) is 35.3 Å². The third kappa shape index (κ3) is 4.93. The zero-order chi connectivity index (χ0) is 30.9. The Labute approximate surface area is 250 Å². The zero-order valence-corrected chi connectivity index (χ0v) is 24.1. The van der Waals surface area contributed by atoms with Crippen LogP contribution in [0.15, 0.2) is 48.5 Å². The van der Waals surface area contributed by atoms with Gasteiger partial charge in [-0.15, -0.1) is 10.2 Å². The molecule has 0 bridgehead atoms. The van der Waals surface area contributed by atoms with Crippen LogP contribution in [-0.2, 0) is 0 Å². The Balaban J connectivity index is 0.000000142. The van der Waals surface area contributed by atoms with E-state index < -0.39 is 36.1 Å². The first-order valence-corrected chi connectivity index (χ1v) is 14.9. The Morgan fingerprint density at radius 3 is 1.36 bits per heavy atom. The molecule has 2 aromatic carbocycles. The molecule has 4 aliphatic rings. The van der Waals surface area contributed by atoms with Crippen molar-refractivity contribution in [2.24, 2.45) is 23.7 Å². The summed E-state index contributed by atoms with van der Waals surface area (Å²) in [7, 11) is 0. The first-order chi connectivity index (χ1) is 21.1. The number of halogens is 4. The Hall–Kier alpha value is -4.22. The number of carbonyl (C=O) groups excluding carboxylic acids is 2. The van der Waals surface area contributed by atoms with Gasteiger partial charge in [-0.1, -0.05) is 50.2 Å². The maximum Gasteiger partial charge on any atom is 0.217 e. The van der Waals surface area contributed by atoms with E-state index in [-0.39, 0.29) is 59.5 Å². The summed E-state index contributed by atoms with van der Waals surface area (Å²) >= 11 is 0. The molecule has 2 fully saturated rings. The number of benzene rings is 2. The van der Waals surface area contributed by atoms with Crippen molar-refractivity contribution in [1.29, 1.82) is 0 Å². The lowest BCUT2D eigenvalue weighted by molar-refractivity contribution is 0.0943. The molecule has 8 atom stereocenters. The Kier molecular flexibility index (Phi) is 6.97. The van der Waals surface area contributed by atoms with E-state index >= 15 is 0 Å². The summed E-state index contributed by atoms with van der Waals surface area (Å²) in [6.07, 6.45) is -0.780. The van der Waals surface area contributed by atoms with Gasteiger partial charge >= 0.3 is 0 Å².